The first-order chi connectivity index (χ1) is 12.0. The molecule has 0 aliphatic heterocycles. The molecule has 2 aromatic carbocycles. The normalized spacial score (nSPS) is 10.6. The Kier molecular flexibility index (Phi) is 4.57. The lowest BCUT2D eigenvalue weighted by molar-refractivity contribution is 0.102. The molecule has 0 spiro atoms. The Bertz CT molecular complexity index is 928. The summed E-state index contributed by atoms with van der Waals surface area (Å²) in [6, 6.07) is 13.5. The second-order valence-electron chi connectivity index (χ2n) is 6.08. The molecule has 0 fully saturated rings. The van der Waals surface area contributed by atoms with Crippen LogP contribution in [0.15, 0.2) is 42.5 Å². The molecule has 128 valence electrons. The van der Waals surface area contributed by atoms with Crippen molar-refractivity contribution in [1.82, 2.24) is 10.2 Å². The summed E-state index contributed by atoms with van der Waals surface area (Å²) in [7, 11) is 1.61. The number of ether oxygens (including phenoxy) is 1. The SMILES string of the molecule is COc1ccc(C(=O)Nc2n[nH]c(C)c2-c2cccc(C)c2)c(C)c1. The number of amides is 1. The Morgan fingerprint density at radius 1 is 1.12 bits per heavy atom. The Labute approximate surface area is 147 Å². The van der Waals surface area contributed by atoms with Gasteiger partial charge in [-0.2, -0.15) is 5.10 Å². The van der Waals surface area contributed by atoms with Gasteiger partial charge in [0.25, 0.3) is 5.91 Å². The minimum Gasteiger partial charge on any atom is -0.497 e. The third kappa shape index (κ3) is 3.40. The van der Waals surface area contributed by atoms with E-state index in [9.17, 15) is 4.79 Å². The molecular formula is C20H21N3O2. The first kappa shape index (κ1) is 16.8. The van der Waals surface area contributed by atoms with E-state index < -0.39 is 0 Å². The number of H-pyrrole nitrogens is 1. The van der Waals surface area contributed by atoms with Crippen molar-refractivity contribution in [3.05, 3.63) is 64.8 Å². The maximum atomic E-state index is 12.7. The maximum absolute atomic E-state index is 12.7. The first-order valence-electron chi connectivity index (χ1n) is 8.07. The highest BCUT2D eigenvalue weighted by atomic mass is 16.5. The molecule has 1 heterocycles. The van der Waals surface area contributed by atoms with Crippen LogP contribution in [0.4, 0.5) is 5.82 Å². The van der Waals surface area contributed by atoms with Crippen molar-refractivity contribution in [3.8, 4) is 16.9 Å². The van der Waals surface area contributed by atoms with Crippen molar-refractivity contribution in [1.29, 1.82) is 0 Å². The standard InChI is InChI=1S/C20H21N3O2/c1-12-6-5-7-15(10-12)18-14(3)22-23-19(18)21-20(24)17-9-8-16(25-4)11-13(17)2/h5-11H,1-4H3,(H2,21,22,23,24). The first-order valence-corrected chi connectivity index (χ1v) is 8.07. The number of benzene rings is 2. The number of hydrogen-bond donors (Lipinski definition) is 2. The van der Waals surface area contributed by atoms with Gasteiger partial charge in [0.05, 0.1) is 7.11 Å². The van der Waals surface area contributed by atoms with Crippen molar-refractivity contribution in [2.75, 3.05) is 12.4 Å². The Morgan fingerprint density at radius 2 is 1.92 bits per heavy atom. The molecule has 2 N–H and O–H groups in total. The van der Waals surface area contributed by atoms with Crippen LogP contribution in [0.3, 0.4) is 0 Å². The van der Waals surface area contributed by atoms with E-state index >= 15 is 0 Å². The van der Waals surface area contributed by atoms with E-state index in [2.05, 4.69) is 21.6 Å². The molecule has 0 bridgehead atoms. The fourth-order valence-corrected chi connectivity index (χ4v) is 2.87. The number of anilines is 1. The van der Waals surface area contributed by atoms with Crippen LogP contribution in [0.25, 0.3) is 11.1 Å². The lowest BCUT2D eigenvalue weighted by Crippen LogP contribution is -2.14. The molecule has 3 aromatic rings. The van der Waals surface area contributed by atoms with Gasteiger partial charge in [-0.15, -0.1) is 0 Å². The zero-order chi connectivity index (χ0) is 18.0. The molecule has 3 rings (SSSR count). The number of nitrogens with zero attached hydrogens (tertiary/aromatic N) is 1. The van der Waals surface area contributed by atoms with Gasteiger partial charge in [-0.1, -0.05) is 29.8 Å². The van der Waals surface area contributed by atoms with Gasteiger partial charge in [-0.25, -0.2) is 0 Å². The number of aryl methyl sites for hydroxylation is 3. The molecule has 0 aliphatic carbocycles. The highest BCUT2D eigenvalue weighted by Crippen LogP contribution is 2.30. The number of aromatic nitrogens is 2. The van der Waals surface area contributed by atoms with Gasteiger partial charge in [0.15, 0.2) is 5.82 Å². The summed E-state index contributed by atoms with van der Waals surface area (Å²) >= 11 is 0. The van der Waals surface area contributed by atoms with E-state index in [0.29, 0.717) is 11.4 Å². The summed E-state index contributed by atoms with van der Waals surface area (Å²) in [5.41, 5.74) is 5.43. The van der Waals surface area contributed by atoms with E-state index in [1.54, 1.807) is 19.2 Å². The van der Waals surface area contributed by atoms with Crippen LogP contribution >= 0.6 is 0 Å². The minimum atomic E-state index is -0.194. The third-order valence-electron chi connectivity index (χ3n) is 4.16. The molecule has 0 saturated carbocycles. The second kappa shape index (κ2) is 6.81. The minimum absolute atomic E-state index is 0.194. The molecule has 0 atom stereocenters. The van der Waals surface area contributed by atoms with Crippen LogP contribution in [-0.2, 0) is 0 Å². The lowest BCUT2D eigenvalue weighted by atomic mass is 10.0. The number of aromatic amines is 1. The molecule has 0 radical (unpaired) electrons. The Morgan fingerprint density at radius 3 is 2.60 bits per heavy atom. The zero-order valence-corrected chi connectivity index (χ0v) is 14.8. The molecular weight excluding hydrogens is 314 g/mol. The largest absolute Gasteiger partial charge is 0.497 e. The van der Waals surface area contributed by atoms with Gasteiger partial charge in [0.1, 0.15) is 5.75 Å². The Balaban J connectivity index is 1.93. The van der Waals surface area contributed by atoms with Crippen molar-refractivity contribution in [2.45, 2.75) is 20.8 Å². The van der Waals surface area contributed by atoms with Gasteiger partial charge in [-0.05, 0) is 50.1 Å². The number of hydrogen-bond acceptors (Lipinski definition) is 3. The summed E-state index contributed by atoms with van der Waals surface area (Å²) in [6.45, 7) is 5.87. The average molecular weight is 335 g/mol. The number of methoxy groups -OCH3 is 1. The molecule has 1 aromatic heterocycles. The van der Waals surface area contributed by atoms with Gasteiger partial charge in [0, 0.05) is 16.8 Å². The van der Waals surface area contributed by atoms with Crippen LogP contribution in [0.1, 0.15) is 27.2 Å². The van der Waals surface area contributed by atoms with Crippen LogP contribution < -0.4 is 10.1 Å². The summed E-state index contributed by atoms with van der Waals surface area (Å²) in [5, 5.41) is 10.2. The van der Waals surface area contributed by atoms with Crippen molar-refractivity contribution in [2.24, 2.45) is 0 Å². The predicted molar refractivity (Wildman–Crippen MR) is 99.2 cm³/mol. The van der Waals surface area contributed by atoms with E-state index in [4.69, 9.17) is 4.74 Å². The number of carbonyl (C=O) groups is 1. The molecule has 25 heavy (non-hydrogen) atoms. The molecule has 5 heteroatoms. The second-order valence-corrected chi connectivity index (χ2v) is 6.08. The molecule has 5 nitrogen and oxygen atoms in total. The quantitative estimate of drug-likeness (QED) is 0.748. The number of nitrogens with one attached hydrogen (secondary N) is 2. The van der Waals surface area contributed by atoms with E-state index in [-0.39, 0.29) is 5.91 Å². The summed E-state index contributed by atoms with van der Waals surface area (Å²) in [6.07, 6.45) is 0. The van der Waals surface area contributed by atoms with Crippen LogP contribution in [-0.4, -0.2) is 23.2 Å². The van der Waals surface area contributed by atoms with Gasteiger partial charge in [-0.3, -0.25) is 9.89 Å². The van der Waals surface area contributed by atoms with Crippen LogP contribution in [0.5, 0.6) is 5.75 Å². The average Bonchev–Trinajstić information content (AvgIpc) is 2.94. The third-order valence-corrected chi connectivity index (χ3v) is 4.16. The summed E-state index contributed by atoms with van der Waals surface area (Å²) in [4.78, 5) is 12.7. The molecule has 1 amide bonds. The lowest BCUT2D eigenvalue weighted by Gasteiger charge is -2.10. The van der Waals surface area contributed by atoms with Crippen molar-refractivity contribution >= 4 is 11.7 Å². The Hall–Kier alpha value is -3.08. The monoisotopic (exact) mass is 335 g/mol. The smallest absolute Gasteiger partial charge is 0.257 e. The zero-order valence-electron chi connectivity index (χ0n) is 14.8. The fourth-order valence-electron chi connectivity index (χ4n) is 2.87. The molecule has 0 aliphatic rings. The van der Waals surface area contributed by atoms with Crippen LogP contribution in [0.2, 0.25) is 0 Å². The van der Waals surface area contributed by atoms with Crippen molar-refractivity contribution in [3.63, 3.8) is 0 Å². The molecule has 0 saturated heterocycles. The van der Waals surface area contributed by atoms with E-state index in [0.717, 1.165) is 33.7 Å². The van der Waals surface area contributed by atoms with E-state index in [1.807, 2.05) is 45.0 Å². The van der Waals surface area contributed by atoms with Gasteiger partial charge < -0.3 is 10.1 Å². The molecule has 0 unspecified atom stereocenters. The number of carbonyl (C=O) groups excluding carboxylic acids is 1. The summed E-state index contributed by atoms with van der Waals surface area (Å²) < 4.78 is 5.19. The highest BCUT2D eigenvalue weighted by molar-refractivity contribution is 6.06. The number of rotatable bonds is 4. The van der Waals surface area contributed by atoms with Crippen LogP contribution in [0, 0.1) is 20.8 Å². The fraction of sp³-hybridized carbons (Fsp3) is 0.200. The summed E-state index contributed by atoms with van der Waals surface area (Å²) in [5.74, 6) is 1.06. The predicted octanol–water partition coefficient (Wildman–Crippen LogP) is 4.26. The topological polar surface area (TPSA) is 67.0 Å². The van der Waals surface area contributed by atoms with Gasteiger partial charge >= 0.3 is 0 Å². The van der Waals surface area contributed by atoms with Gasteiger partial charge in [0.2, 0.25) is 0 Å². The van der Waals surface area contributed by atoms with E-state index in [1.165, 1.54) is 0 Å². The maximum Gasteiger partial charge on any atom is 0.257 e. The van der Waals surface area contributed by atoms with Crippen molar-refractivity contribution < 1.29 is 9.53 Å². The highest BCUT2D eigenvalue weighted by Gasteiger charge is 2.17.